The fourth-order valence-electron chi connectivity index (χ4n) is 2.59. The lowest BCUT2D eigenvalue weighted by Gasteiger charge is -2.21. The molecule has 2 rings (SSSR count). The van der Waals surface area contributed by atoms with Gasteiger partial charge in [0.25, 0.3) is 0 Å². The third-order valence-corrected chi connectivity index (χ3v) is 6.70. The fourth-order valence-corrected chi connectivity index (χ4v) is 4.35. The number of hydrogen-bond donors (Lipinski definition) is 0. The maximum atomic E-state index is 13.3. The molecule has 0 bridgehead atoms. The van der Waals surface area contributed by atoms with Crippen molar-refractivity contribution in [2.24, 2.45) is 0 Å². The smallest absolute Gasteiger partial charge is 0.330 e. The Bertz CT molecular complexity index is 1020. The van der Waals surface area contributed by atoms with Crippen molar-refractivity contribution >= 4 is 38.0 Å². The molecule has 0 aliphatic heterocycles. The number of carbonyl (C=O) groups is 1. The maximum Gasteiger partial charge on any atom is 0.330 e. The van der Waals surface area contributed by atoms with Crippen LogP contribution < -0.4 is 9.47 Å². The lowest BCUT2D eigenvalue weighted by atomic mass is 10.2. The Morgan fingerprint density at radius 2 is 1.83 bits per heavy atom. The van der Waals surface area contributed by atoms with Crippen LogP contribution in [-0.2, 0) is 26.1 Å². The van der Waals surface area contributed by atoms with E-state index in [2.05, 4.69) is 20.7 Å². The van der Waals surface area contributed by atoms with E-state index in [4.69, 9.17) is 9.47 Å². The van der Waals surface area contributed by atoms with Gasteiger partial charge in [-0.05, 0) is 35.4 Å². The minimum atomic E-state index is -3.94. The molecular formula is C20H22BrNO6S. The van der Waals surface area contributed by atoms with Crippen molar-refractivity contribution < 1.29 is 27.4 Å². The van der Waals surface area contributed by atoms with Crippen LogP contribution in [0, 0.1) is 0 Å². The van der Waals surface area contributed by atoms with Crippen LogP contribution in [-0.4, -0.2) is 47.1 Å². The SMILES string of the molecule is COC(=O)/C=C/c1cc(OC)c(OC)c(S(=O)(=O)N(C)Cc2ccccc2Br)c1. The number of benzene rings is 2. The van der Waals surface area contributed by atoms with Gasteiger partial charge >= 0.3 is 5.97 Å². The molecule has 29 heavy (non-hydrogen) atoms. The van der Waals surface area contributed by atoms with E-state index in [1.165, 1.54) is 50.9 Å². The summed E-state index contributed by atoms with van der Waals surface area (Å²) in [5.74, 6) is -0.246. The molecule has 0 aromatic heterocycles. The largest absolute Gasteiger partial charge is 0.493 e. The first-order valence-electron chi connectivity index (χ1n) is 8.46. The Morgan fingerprint density at radius 3 is 2.41 bits per heavy atom. The van der Waals surface area contributed by atoms with Crippen LogP contribution in [0.3, 0.4) is 0 Å². The van der Waals surface area contributed by atoms with E-state index in [1.54, 1.807) is 6.07 Å². The summed E-state index contributed by atoms with van der Waals surface area (Å²) in [5, 5.41) is 0. The van der Waals surface area contributed by atoms with Gasteiger partial charge in [-0.15, -0.1) is 0 Å². The Kier molecular flexibility index (Phi) is 7.83. The molecule has 2 aromatic rings. The first-order valence-corrected chi connectivity index (χ1v) is 10.7. The van der Waals surface area contributed by atoms with Gasteiger partial charge in [-0.25, -0.2) is 13.2 Å². The third-order valence-electron chi connectivity index (χ3n) is 4.12. The van der Waals surface area contributed by atoms with Crippen molar-refractivity contribution in [2.75, 3.05) is 28.4 Å². The van der Waals surface area contributed by atoms with Crippen molar-refractivity contribution in [2.45, 2.75) is 11.4 Å². The van der Waals surface area contributed by atoms with Gasteiger partial charge in [0.1, 0.15) is 4.90 Å². The molecule has 9 heteroatoms. The Morgan fingerprint density at radius 1 is 1.14 bits per heavy atom. The van der Waals surface area contributed by atoms with Gasteiger partial charge in [-0.2, -0.15) is 4.31 Å². The van der Waals surface area contributed by atoms with E-state index >= 15 is 0 Å². The summed E-state index contributed by atoms with van der Waals surface area (Å²) >= 11 is 3.43. The molecule has 0 atom stereocenters. The van der Waals surface area contributed by atoms with Crippen molar-refractivity contribution in [1.29, 1.82) is 0 Å². The first kappa shape index (κ1) is 22.9. The molecule has 7 nitrogen and oxygen atoms in total. The number of ether oxygens (including phenoxy) is 3. The molecular weight excluding hydrogens is 462 g/mol. The minimum absolute atomic E-state index is 0.0709. The second-order valence-electron chi connectivity index (χ2n) is 5.96. The molecule has 0 aliphatic carbocycles. The van der Waals surface area contributed by atoms with Crippen LogP contribution in [0.5, 0.6) is 11.5 Å². The zero-order valence-electron chi connectivity index (χ0n) is 16.5. The Hall–Kier alpha value is -2.36. The highest BCUT2D eigenvalue weighted by atomic mass is 79.9. The highest BCUT2D eigenvalue weighted by Gasteiger charge is 2.28. The number of carbonyl (C=O) groups excluding carboxylic acids is 1. The Balaban J connectivity index is 2.52. The predicted octanol–water partition coefficient (Wildman–Crippen LogP) is 3.47. The van der Waals surface area contributed by atoms with E-state index in [0.29, 0.717) is 5.56 Å². The summed E-state index contributed by atoms with van der Waals surface area (Å²) in [6.45, 7) is 0.150. The number of sulfonamides is 1. The van der Waals surface area contributed by atoms with Gasteiger partial charge in [0, 0.05) is 24.1 Å². The number of halogens is 1. The van der Waals surface area contributed by atoms with Crippen molar-refractivity contribution in [3.05, 3.63) is 58.1 Å². The van der Waals surface area contributed by atoms with Crippen LogP contribution in [0.1, 0.15) is 11.1 Å². The molecule has 156 valence electrons. The highest BCUT2D eigenvalue weighted by Crippen LogP contribution is 2.37. The first-order chi connectivity index (χ1) is 13.7. The molecule has 0 saturated carbocycles. The van der Waals surface area contributed by atoms with Crippen LogP contribution in [0.25, 0.3) is 6.08 Å². The van der Waals surface area contributed by atoms with E-state index in [1.807, 2.05) is 24.3 Å². The van der Waals surface area contributed by atoms with E-state index in [0.717, 1.165) is 10.0 Å². The van der Waals surface area contributed by atoms with E-state index in [-0.39, 0.29) is 22.9 Å². The van der Waals surface area contributed by atoms with Gasteiger partial charge in [0.15, 0.2) is 11.5 Å². The van der Waals surface area contributed by atoms with E-state index < -0.39 is 16.0 Å². The quantitative estimate of drug-likeness (QED) is 0.422. The average Bonchev–Trinajstić information content (AvgIpc) is 2.72. The highest BCUT2D eigenvalue weighted by molar-refractivity contribution is 9.10. The fraction of sp³-hybridized carbons (Fsp3) is 0.250. The number of rotatable bonds is 8. The van der Waals surface area contributed by atoms with Crippen LogP contribution in [0.15, 0.2) is 51.8 Å². The summed E-state index contributed by atoms with van der Waals surface area (Å²) in [5.41, 5.74) is 1.26. The molecule has 0 N–H and O–H groups in total. The Labute approximate surface area is 179 Å². The van der Waals surface area contributed by atoms with Crippen LogP contribution >= 0.6 is 15.9 Å². The standard InChI is InChI=1S/C20H22BrNO6S/c1-22(13-15-7-5-6-8-16(15)21)29(24,25)18-12-14(9-10-19(23)27-3)11-17(26-2)20(18)28-4/h5-12H,13H2,1-4H3/b10-9+. The monoisotopic (exact) mass is 483 g/mol. The molecule has 0 heterocycles. The van der Waals surface area contributed by atoms with Crippen LogP contribution in [0.4, 0.5) is 0 Å². The van der Waals surface area contributed by atoms with E-state index in [9.17, 15) is 13.2 Å². The lowest BCUT2D eigenvalue weighted by molar-refractivity contribution is -0.134. The second kappa shape index (κ2) is 9.91. The van der Waals surface area contributed by atoms with Crippen LogP contribution in [0.2, 0.25) is 0 Å². The molecule has 0 radical (unpaired) electrons. The number of nitrogens with zero attached hydrogens (tertiary/aromatic N) is 1. The average molecular weight is 484 g/mol. The summed E-state index contributed by atoms with van der Waals surface area (Å²) < 4.78 is 43.8. The van der Waals surface area contributed by atoms with Gasteiger partial charge in [-0.3, -0.25) is 0 Å². The molecule has 0 aliphatic rings. The molecule has 0 amide bonds. The number of hydrogen-bond acceptors (Lipinski definition) is 6. The molecule has 2 aromatic carbocycles. The maximum absolute atomic E-state index is 13.3. The molecule has 0 fully saturated rings. The van der Waals surface area contributed by atoms with Crippen molar-refractivity contribution in [3.63, 3.8) is 0 Å². The zero-order valence-corrected chi connectivity index (χ0v) is 18.9. The molecule has 0 spiro atoms. The lowest BCUT2D eigenvalue weighted by Crippen LogP contribution is -2.27. The van der Waals surface area contributed by atoms with Gasteiger partial charge in [0.05, 0.1) is 21.3 Å². The van der Waals surface area contributed by atoms with Gasteiger partial charge in [-0.1, -0.05) is 34.1 Å². The number of esters is 1. The molecule has 0 saturated heterocycles. The minimum Gasteiger partial charge on any atom is -0.493 e. The van der Waals surface area contributed by atoms with Gasteiger partial charge in [0.2, 0.25) is 10.0 Å². The van der Waals surface area contributed by atoms with Gasteiger partial charge < -0.3 is 14.2 Å². The zero-order chi connectivity index (χ0) is 21.6. The molecule has 0 unspecified atom stereocenters. The van der Waals surface area contributed by atoms with Crippen molar-refractivity contribution in [1.82, 2.24) is 4.31 Å². The third kappa shape index (κ3) is 5.37. The second-order valence-corrected chi connectivity index (χ2v) is 8.83. The summed E-state index contributed by atoms with van der Waals surface area (Å²) in [4.78, 5) is 11.3. The number of methoxy groups -OCH3 is 3. The summed E-state index contributed by atoms with van der Waals surface area (Å²) in [7, 11) is 1.58. The normalized spacial score (nSPS) is 11.7. The topological polar surface area (TPSA) is 82.1 Å². The van der Waals surface area contributed by atoms with Crippen molar-refractivity contribution in [3.8, 4) is 11.5 Å². The predicted molar refractivity (Wildman–Crippen MR) is 113 cm³/mol. The summed E-state index contributed by atoms with van der Waals surface area (Å²) in [6.07, 6.45) is 2.64. The summed E-state index contributed by atoms with van der Waals surface area (Å²) in [6, 6.07) is 10.4.